The third-order valence-electron chi connectivity index (χ3n) is 4.10. The fourth-order valence-corrected chi connectivity index (χ4v) is 2.90. The third kappa shape index (κ3) is 3.63. The Balaban J connectivity index is 2.09. The van der Waals surface area contributed by atoms with Crippen molar-refractivity contribution in [2.24, 2.45) is 0 Å². The van der Waals surface area contributed by atoms with Gasteiger partial charge in [0.15, 0.2) is 0 Å². The predicted molar refractivity (Wildman–Crippen MR) is 102 cm³/mol. The van der Waals surface area contributed by atoms with E-state index in [2.05, 4.69) is 42.3 Å². The fraction of sp³-hybridized carbons (Fsp3) is 0.238. The first kappa shape index (κ1) is 17.0. The lowest BCUT2D eigenvalue weighted by Crippen LogP contribution is -2.05. The van der Waals surface area contributed by atoms with Crippen molar-refractivity contribution in [1.29, 1.82) is 0 Å². The van der Waals surface area contributed by atoms with Gasteiger partial charge in [-0.2, -0.15) is 0 Å². The summed E-state index contributed by atoms with van der Waals surface area (Å²) in [6, 6.07) is 13.7. The second-order valence-electron chi connectivity index (χ2n) is 6.21. The molecule has 0 radical (unpaired) electrons. The van der Waals surface area contributed by atoms with Crippen LogP contribution in [0.25, 0.3) is 10.9 Å². The number of anilines is 2. The quantitative estimate of drug-likeness (QED) is 0.676. The molecule has 0 atom stereocenters. The van der Waals surface area contributed by atoms with E-state index in [1.54, 1.807) is 13.0 Å². The molecule has 1 heterocycles. The molecule has 0 bridgehead atoms. The van der Waals surface area contributed by atoms with E-state index in [1.165, 1.54) is 11.1 Å². The van der Waals surface area contributed by atoms with Gasteiger partial charge in [0.1, 0.15) is 0 Å². The minimum atomic E-state index is -0.317. The van der Waals surface area contributed by atoms with Crippen molar-refractivity contribution in [3.05, 3.63) is 64.8 Å². The van der Waals surface area contributed by atoms with Crippen molar-refractivity contribution in [1.82, 2.24) is 4.98 Å². The molecule has 128 valence electrons. The summed E-state index contributed by atoms with van der Waals surface area (Å²) >= 11 is 0. The van der Waals surface area contributed by atoms with Gasteiger partial charge < -0.3 is 10.1 Å². The van der Waals surface area contributed by atoms with Crippen LogP contribution < -0.4 is 5.32 Å². The molecule has 3 aromatic rings. The van der Waals surface area contributed by atoms with E-state index in [1.807, 2.05) is 25.1 Å². The van der Waals surface area contributed by atoms with E-state index in [4.69, 9.17) is 4.74 Å². The van der Waals surface area contributed by atoms with Gasteiger partial charge in [-0.1, -0.05) is 17.7 Å². The molecule has 3 rings (SSSR count). The maximum Gasteiger partial charge on any atom is 0.338 e. The molecule has 0 spiro atoms. The smallest absolute Gasteiger partial charge is 0.338 e. The molecule has 1 N–H and O–H groups in total. The molecule has 0 saturated heterocycles. The van der Waals surface area contributed by atoms with Crippen LogP contribution in [0.4, 0.5) is 11.4 Å². The molecule has 0 unspecified atom stereocenters. The number of aromatic nitrogens is 1. The number of carbonyl (C=O) groups excluding carboxylic acids is 1. The second-order valence-corrected chi connectivity index (χ2v) is 6.21. The van der Waals surface area contributed by atoms with Crippen LogP contribution in [0.1, 0.15) is 34.1 Å². The number of nitrogens with zero attached hydrogens (tertiary/aromatic N) is 1. The molecule has 0 saturated carbocycles. The molecular weight excluding hydrogens is 312 g/mol. The van der Waals surface area contributed by atoms with Crippen molar-refractivity contribution in [3.63, 3.8) is 0 Å². The Morgan fingerprint density at radius 1 is 1.04 bits per heavy atom. The van der Waals surface area contributed by atoms with Crippen LogP contribution in [0.2, 0.25) is 0 Å². The molecule has 4 nitrogen and oxygen atoms in total. The van der Waals surface area contributed by atoms with Crippen LogP contribution in [0.3, 0.4) is 0 Å². The zero-order valence-corrected chi connectivity index (χ0v) is 15.0. The summed E-state index contributed by atoms with van der Waals surface area (Å²) in [6.45, 7) is 8.28. The number of esters is 1. The zero-order valence-electron chi connectivity index (χ0n) is 15.0. The molecule has 4 heteroatoms. The highest BCUT2D eigenvalue weighted by molar-refractivity contribution is 5.99. The van der Waals surface area contributed by atoms with E-state index >= 15 is 0 Å². The molecular formula is C21H22N2O2. The van der Waals surface area contributed by atoms with E-state index in [0.29, 0.717) is 12.2 Å². The SMILES string of the molecule is CCOC(=O)c1ccc2nc(C)cc(Nc3ccc(C)cc3C)c2c1. The maximum absolute atomic E-state index is 12.1. The molecule has 2 aromatic carbocycles. The predicted octanol–water partition coefficient (Wildman–Crippen LogP) is 5.08. The lowest BCUT2D eigenvalue weighted by molar-refractivity contribution is 0.0526. The summed E-state index contributed by atoms with van der Waals surface area (Å²) in [5.74, 6) is -0.317. The van der Waals surface area contributed by atoms with E-state index in [0.717, 1.165) is 28.0 Å². The van der Waals surface area contributed by atoms with Gasteiger partial charge in [0.05, 0.1) is 17.7 Å². The molecule has 25 heavy (non-hydrogen) atoms. The lowest BCUT2D eigenvalue weighted by Gasteiger charge is -2.14. The van der Waals surface area contributed by atoms with Gasteiger partial charge in [-0.05, 0) is 63.6 Å². The van der Waals surface area contributed by atoms with Crippen molar-refractivity contribution in [2.45, 2.75) is 27.7 Å². The number of rotatable bonds is 4. The van der Waals surface area contributed by atoms with E-state index in [9.17, 15) is 4.79 Å². The highest BCUT2D eigenvalue weighted by Crippen LogP contribution is 2.29. The summed E-state index contributed by atoms with van der Waals surface area (Å²) in [5, 5.41) is 4.39. The number of aryl methyl sites for hydroxylation is 3. The van der Waals surface area contributed by atoms with Gasteiger partial charge in [-0.15, -0.1) is 0 Å². The molecule has 0 aliphatic heterocycles. The summed E-state index contributed by atoms with van der Waals surface area (Å²) in [6.07, 6.45) is 0. The van der Waals surface area contributed by atoms with Crippen molar-refractivity contribution < 1.29 is 9.53 Å². The normalized spacial score (nSPS) is 10.7. The monoisotopic (exact) mass is 334 g/mol. The van der Waals surface area contributed by atoms with Crippen LogP contribution in [0.15, 0.2) is 42.5 Å². The number of fused-ring (bicyclic) bond motifs is 1. The van der Waals surface area contributed by atoms with Gasteiger partial charge in [0.2, 0.25) is 0 Å². The number of hydrogen-bond donors (Lipinski definition) is 1. The number of carbonyl (C=O) groups is 1. The fourth-order valence-electron chi connectivity index (χ4n) is 2.90. The zero-order chi connectivity index (χ0) is 18.0. The molecule has 0 aliphatic carbocycles. The number of nitrogens with one attached hydrogen (secondary N) is 1. The van der Waals surface area contributed by atoms with Crippen LogP contribution in [0, 0.1) is 20.8 Å². The topological polar surface area (TPSA) is 51.2 Å². The number of hydrogen-bond acceptors (Lipinski definition) is 4. The first-order valence-electron chi connectivity index (χ1n) is 8.40. The standard InChI is InChI=1S/C21H22N2O2/c1-5-25-21(24)16-7-9-19-17(12-16)20(11-15(4)22-19)23-18-8-6-13(2)10-14(18)3/h6-12H,5H2,1-4H3,(H,22,23). The van der Waals surface area contributed by atoms with Crippen LogP contribution in [-0.2, 0) is 4.74 Å². The average Bonchev–Trinajstić information content (AvgIpc) is 2.57. The Morgan fingerprint density at radius 3 is 2.56 bits per heavy atom. The largest absolute Gasteiger partial charge is 0.462 e. The first-order chi connectivity index (χ1) is 12.0. The first-order valence-corrected chi connectivity index (χ1v) is 8.40. The van der Waals surface area contributed by atoms with Gasteiger partial charge in [0.25, 0.3) is 0 Å². The van der Waals surface area contributed by atoms with Crippen molar-refractivity contribution in [2.75, 3.05) is 11.9 Å². The summed E-state index contributed by atoms with van der Waals surface area (Å²) in [4.78, 5) is 16.6. The summed E-state index contributed by atoms with van der Waals surface area (Å²) in [7, 11) is 0. The molecule has 1 aromatic heterocycles. The Morgan fingerprint density at radius 2 is 1.84 bits per heavy atom. The second kappa shape index (κ2) is 6.93. The number of benzene rings is 2. The van der Waals surface area contributed by atoms with Gasteiger partial charge >= 0.3 is 5.97 Å². The number of pyridine rings is 1. The lowest BCUT2D eigenvalue weighted by atomic mass is 10.1. The van der Waals surface area contributed by atoms with Gasteiger partial charge in [-0.3, -0.25) is 4.98 Å². The van der Waals surface area contributed by atoms with Crippen molar-refractivity contribution in [3.8, 4) is 0 Å². The summed E-state index contributed by atoms with van der Waals surface area (Å²) < 4.78 is 5.11. The van der Waals surface area contributed by atoms with Crippen LogP contribution in [-0.4, -0.2) is 17.6 Å². The number of ether oxygens (including phenoxy) is 1. The minimum absolute atomic E-state index is 0.317. The van der Waals surface area contributed by atoms with Gasteiger partial charge in [-0.25, -0.2) is 4.79 Å². The molecule has 0 aliphatic rings. The van der Waals surface area contributed by atoms with Crippen LogP contribution >= 0.6 is 0 Å². The highest BCUT2D eigenvalue weighted by Gasteiger charge is 2.11. The third-order valence-corrected chi connectivity index (χ3v) is 4.10. The Kier molecular flexibility index (Phi) is 4.70. The van der Waals surface area contributed by atoms with Gasteiger partial charge in [0, 0.05) is 22.5 Å². The minimum Gasteiger partial charge on any atom is -0.462 e. The Bertz CT molecular complexity index is 948. The highest BCUT2D eigenvalue weighted by atomic mass is 16.5. The Hall–Kier alpha value is -2.88. The molecule has 0 fully saturated rings. The summed E-state index contributed by atoms with van der Waals surface area (Å²) in [5.41, 5.74) is 6.67. The van der Waals surface area contributed by atoms with E-state index < -0.39 is 0 Å². The Labute approximate surface area is 147 Å². The van der Waals surface area contributed by atoms with Crippen molar-refractivity contribution >= 4 is 28.2 Å². The van der Waals surface area contributed by atoms with Crippen LogP contribution in [0.5, 0.6) is 0 Å². The van der Waals surface area contributed by atoms with E-state index in [-0.39, 0.29) is 5.97 Å². The maximum atomic E-state index is 12.1. The molecule has 0 amide bonds. The average molecular weight is 334 g/mol.